The molecule has 0 radical (unpaired) electrons. The topological polar surface area (TPSA) is 91.6 Å². The molecule has 0 saturated carbocycles. The minimum absolute atomic E-state index is 0.177. The zero-order valence-electron chi connectivity index (χ0n) is 12.5. The second kappa shape index (κ2) is 7.60. The molecule has 2 rings (SSSR count). The zero-order valence-corrected chi connectivity index (χ0v) is 12.5. The molecule has 1 aromatic carbocycles. The highest BCUT2D eigenvalue weighted by Crippen LogP contribution is 2.21. The summed E-state index contributed by atoms with van der Waals surface area (Å²) >= 11 is 0. The van der Waals surface area contributed by atoms with Crippen LogP contribution in [0.25, 0.3) is 0 Å². The van der Waals surface area contributed by atoms with Crippen molar-refractivity contribution in [3.05, 3.63) is 63.8 Å². The minimum Gasteiger partial charge on any atom is -0.467 e. The summed E-state index contributed by atoms with van der Waals surface area (Å²) in [5.41, 5.74) is -0.106. The first-order valence-corrected chi connectivity index (χ1v) is 6.81. The number of halogens is 3. The molecule has 7 nitrogen and oxygen atoms in total. The molecular weight excluding hydrogens is 345 g/mol. The number of carbonyl (C=O) groups excluding carboxylic acids is 1. The molecule has 1 heterocycles. The van der Waals surface area contributed by atoms with Gasteiger partial charge in [-0.1, -0.05) is 12.1 Å². The maximum atomic E-state index is 12.2. The van der Waals surface area contributed by atoms with Gasteiger partial charge in [-0.15, -0.1) is 0 Å². The van der Waals surface area contributed by atoms with Gasteiger partial charge in [-0.25, -0.2) is 9.78 Å². The van der Waals surface area contributed by atoms with Gasteiger partial charge in [0, 0.05) is 18.3 Å². The van der Waals surface area contributed by atoms with Crippen LogP contribution in [0.1, 0.15) is 15.9 Å². The van der Waals surface area contributed by atoms with Gasteiger partial charge in [-0.2, -0.15) is 13.2 Å². The van der Waals surface area contributed by atoms with E-state index < -0.39 is 29.6 Å². The Kier molecular flexibility index (Phi) is 5.52. The molecule has 0 bridgehead atoms. The van der Waals surface area contributed by atoms with Gasteiger partial charge in [0.1, 0.15) is 12.2 Å². The fraction of sp³-hybridized carbons (Fsp3) is 0.200. The molecule has 0 amide bonds. The fourth-order valence-electron chi connectivity index (χ4n) is 1.80. The zero-order chi connectivity index (χ0) is 18.4. The molecule has 0 fully saturated rings. The van der Waals surface area contributed by atoms with Crippen LogP contribution in [0.3, 0.4) is 0 Å². The number of benzene rings is 1. The van der Waals surface area contributed by atoms with Gasteiger partial charge in [0.05, 0.1) is 4.92 Å². The molecule has 132 valence electrons. The molecular formula is C15H11F3N2O5. The first-order valence-electron chi connectivity index (χ1n) is 6.81. The van der Waals surface area contributed by atoms with Crippen LogP contribution in [0.5, 0.6) is 5.88 Å². The van der Waals surface area contributed by atoms with E-state index in [1.807, 2.05) is 0 Å². The number of nitrogens with zero attached hydrogens (tertiary/aromatic N) is 2. The van der Waals surface area contributed by atoms with Crippen molar-refractivity contribution in [2.24, 2.45) is 0 Å². The lowest BCUT2D eigenvalue weighted by molar-refractivity contribution is -0.384. The van der Waals surface area contributed by atoms with Gasteiger partial charge >= 0.3 is 12.1 Å². The maximum absolute atomic E-state index is 12.2. The fourth-order valence-corrected chi connectivity index (χ4v) is 1.80. The number of nitro benzene ring substituents is 1. The van der Waals surface area contributed by atoms with Crippen molar-refractivity contribution in [1.82, 2.24) is 4.98 Å². The first kappa shape index (κ1) is 18.2. The van der Waals surface area contributed by atoms with Gasteiger partial charge in [0.25, 0.3) is 5.69 Å². The van der Waals surface area contributed by atoms with Crippen molar-refractivity contribution in [1.29, 1.82) is 0 Å². The van der Waals surface area contributed by atoms with Crippen molar-refractivity contribution in [2.75, 3.05) is 6.61 Å². The summed E-state index contributed by atoms with van der Waals surface area (Å²) in [5.74, 6) is -1.47. The molecule has 2 aromatic rings. The Hall–Kier alpha value is -3.17. The average Bonchev–Trinajstić information content (AvgIpc) is 2.57. The molecule has 1 aromatic heterocycles. The van der Waals surface area contributed by atoms with Crippen molar-refractivity contribution < 1.29 is 32.4 Å². The van der Waals surface area contributed by atoms with Gasteiger partial charge in [0.2, 0.25) is 5.88 Å². The van der Waals surface area contributed by atoms with Gasteiger partial charge in [-0.3, -0.25) is 10.1 Å². The highest BCUT2D eigenvalue weighted by atomic mass is 19.4. The molecule has 0 aliphatic carbocycles. The van der Waals surface area contributed by atoms with Gasteiger partial charge in [-0.05, 0) is 17.7 Å². The maximum Gasteiger partial charge on any atom is 0.422 e. The second-order valence-electron chi connectivity index (χ2n) is 4.76. The summed E-state index contributed by atoms with van der Waals surface area (Å²) in [6, 6.07) is 7.96. The van der Waals surface area contributed by atoms with E-state index in [4.69, 9.17) is 4.74 Å². The predicted octanol–water partition coefficient (Wildman–Crippen LogP) is 3.29. The van der Waals surface area contributed by atoms with E-state index in [2.05, 4.69) is 9.72 Å². The number of esters is 1. The summed E-state index contributed by atoms with van der Waals surface area (Å²) in [4.78, 5) is 25.7. The quantitative estimate of drug-likeness (QED) is 0.448. The molecule has 0 aliphatic rings. The highest BCUT2D eigenvalue weighted by molar-refractivity contribution is 5.91. The monoisotopic (exact) mass is 356 g/mol. The Morgan fingerprint density at radius 3 is 2.68 bits per heavy atom. The Morgan fingerprint density at radius 1 is 1.24 bits per heavy atom. The Balaban J connectivity index is 2.06. The average molecular weight is 356 g/mol. The van der Waals surface area contributed by atoms with Crippen molar-refractivity contribution in [3.63, 3.8) is 0 Å². The summed E-state index contributed by atoms with van der Waals surface area (Å²) in [7, 11) is 0. The molecule has 25 heavy (non-hydrogen) atoms. The molecule has 0 N–H and O–H groups in total. The molecule has 0 spiro atoms. The van der Waals surface area contributed by atoms with E-state index in [0.717, 1.165) is 0 Å². The Morgan fingerprint density at radius 2 is 2.00 bits per heavy atom. The SMILES string of the molecule is O=C(OCc1cccc([N+](=O)[O-])c1)c1cccnc1OCC(F)(F)F. The number of carbonyl (C=O) groups is 1. The van der Waals surface area contributed by atoms with Crippen molar-refractivity contribution in [2.45, 2.75) is 12.8 Å². The third kappa shape index (κ3) is 5.44. The lowest BCUT2D eigenvalue weighted by Crippen LogP contribution is -2.21. The standard InChI is InChI=1S/C15H11F3N2O5/c16-15(17,18)9-25-13-12(5-2-6-19-13)14(21)24-8-10-3-1-4-11(7-10)20(22)23/h1-7H,8-9H2. The van der Waals surface area contributed by atoms with E-state index in [0.29, 0.717) is 5.56 Å². The van der Waals surface area contributed by atoms with Crippen LogP contribution in [0.15, 0.2) is 42.6 Å². The van der Waals surface area contributed by atoms with E-state index in [1.54, 1.807) is 0 Å². The number of alkyl halides is 3. The normalized spacial score (nSPS) is 11.0. The number of aromatic nitrogens is 1. The second-order valence-corrected chi connectivity index (χ2v) is 4.76. The largest absolute Gasteiger partial charge is 0.467 e. The highest BCUT2D eigenvalue weighted by Gasteiger charge is 2.29. The molecule has 0 saturated heterocycles. The molecule has 0 aliphatic heterocycles. The number of ether oxygens (including phenoxy) is 2. The summed E-state index contributed by atoms with van der Waals surface area (Å²) < 4.78 is 46.1. The van der Waals surface area contributed by atoms with Crippen LogP contribution in [0.4, 0.5) is 18.9 Å². The number of nitro groups is 1. The summed E-state index contributed by atoms with van der Waals surface area (Å²) in [6.45, 7) is -1.90. The van der Waals surface area contributed by atoms with Crippen LogP contribution in [-0.4, -0.2) is 28.7 Å². The van der Waals surface area contributed by atoms with Crippen LogP contribution in [0.2, 0.25) is 0 Å². The number of non-ortho nitro benzene ring substituents is 1. The Bertz CT molecular complexity index is 780. The molecule has 10 heteroatoms. The van der Waals surface area contributed by atoms with Crippen molar-refractivity contribution in [3.8, 4) is 5.88 Å². The van der Waals surface area contributed by atoms with E-state index in [-0.39, 0.29) is 17.9 Å². The van der Waals surface area contributed by atoms with E-state index >= 15 is 0 Å². The van der Waals surface area contributed by atoms with Crippen LogP contribution in [0, 0.1) is 10.1 Å². The lowest BCUT2D eigenvalue weighted by Gasteiger charge is -2.11. The first-order chi connectivity index (χ1) is 11.8. The van der Waals surface area contributed by atoms with Crippen LogP contribution < -0.4 is 4.74 Å². The summed E-state index contributed by atoms with van der Waals surface area (Å²) in [6.07, 6.45) is -3.41. The Labute approximate surface area is 139 Å². The van der Waals surface area contributed by atoms with Crippen LogP contribution in [-0.2, 0) is 11.3 Å². The molecule has 0 atom stereocenters. The number of hydrogen-bond acceptors (Lipinski definition) is 6. The number of hydrogen-bond donors (Lipinski definition) is 0. The summed E-state index contributed by atoms with van der Waals surface area (Å²) in [5, 5.41) is 10.7. The third-order valence-electron chi connectivity index (χ3n) is 2.85. The van der Waals surface area contributed by atoms with Gasteiger partial charge in [0.15, 0.2) is 6.61 Å². The minimum atomic E-state index is -4.58. The van der Waals surface area contributed by atoms with E-state index in [9.17, 15) is 28.1 Å². The lowest BCUT2D eigenvalue weighted by atomic mass is 10.2. The number of pyridine rings is 1. The third-order valence-corrected chi connectivity index (χ3v) is 2.85. The van der Waals surface area contributed by atoms with E-state index in [1.165, 1.54) is 42.6 Å². The van der Waals surface area contributed by atoms with Gasteiger partial charge < -0.3 is 9.47 Å². The number of rotatable bonds is 6. The predicted molar refractivity (Wildman–Crippen MR) is 78.0 cm³/mol. The van der Waals surface area contributed by atoms with Crippen molar-refractivity contribution >= 4 is 11.7 Å². The van der Waals surface area contributed by atoms with Crippen LogP contribution >= 0.6 is 0 Å². The molecule has 0 unspecified atom stereocenters. The smallest absolute Gasteiger partial charge is 0.422 e.